The Labute approximate surface area is 93.9 Å². The number of pyridine rings is 1. The lowest BCUT2D eigenvalue weighted by Crippen LogP contribution is -2.42. The summed E-state index contributed by atoms with van der Waals surface area (Å²) in [6.07, 6.45) is 3.03. The van der Waals surface area contributed by atoms with Crippen LogP contribution in [-0.2, 0) is 4.74 Å². The topological polar surface area (TPSA) is 30.2 Å². The van der Waals surface area contributed by atoms with Gasteiger partial charge in [0.05, 0.1) is 7.11 Å². The van der Waals surface area contributed by atoms with Crippen molar-refractivity contribution in [2.45, 2.75) is 0 Å². The number of hydrogen-bond donors (Lipinski definition) is 0. The van der Waals surface area contributed by atoms with Crippen LogP contribution >= 0.6 is 0 Å². The van der Waals surface area contributed by atoms with Crippen LogP contribution in [0.1, 0.15) is 0 Å². The molecule has 0 fully saturated rings. The Morgan fingerprint density at radius 3 is 2.44 bits per heavy atom. The van der Waals surface area contributed by atoms with Crippen LogP contribution in [0, 0.1) is 0 Å². The Kier molecular flexibility index (Phi) is 2.96. The van der Waals surface area contributed by atoms with Gasteiger partial charge in [0.2, 0.25) is 0 Å². The highest BCUT2D eigenvalue weighted by Gasteiger charge is 2.14. The molecule has 2 rings (SSSR count). The summed E-state index contributed by atoms with van der Waals surface area (Å²) in [4.78, 5) is 11.3. The van der Waals surface area contributed by atoms with E-state index in [0.29, 0.717) is 0 Å². The number of carbonyl (C=O) groups excluding carboxylic acids is 1. The van der Waals surface area contributed by atoms with Crippen LogP contribution in [0.5, 0.6) is 0 Å². The fraction of sp³-hybridized carbons (Fsp3) is 0.0769. The van der Waals surface area contributed by atoms with Gasteiger partial charge in [-0.25, -0.2) is 0 Å². The van der Waals surface area contributed by atoms with Gasteiger partial charge in [-0.05, 0) is 11.6 Å². The van der Waals surface area contributed by atoms with Crippen molar-refractivity contribution in [2.24, 2.45) is 0 Å². The summed E-state index contributed by atoms with van der Waals surface area (Å²) in [5, 5.41) is 0. The Bertz CT molecular complexity index is 494. The third-order valence-electron chi connectivity index (χ3n) is 2.29. The van der Waals surface area contributed by atoms with Crippen molar-refractivity contribution in [2.75, 3.05) is 7.11 Å². The SMILES string of the molecule is COC(=O)[n+]1cccc(-c2ccccc2)c1. The van der Waals surface area contributed by atoms with E-state index in [9.17, 15) is 4.79 Å². The quantitative estimate of drug-likeness (QED) is 0.681. The van der Waals surface area contributed by atoms with Crippen molar-refractivity contribution in [3.8, 4) is 11.1 Å². The largest absolute Gasteiger partial charge is 0.601 e. The molecule has 0 amide bonds. The molecule has 0 bridgehead atoms. The van der Waals surface area contributed by atoms with Gasteiger partial charge in [0, 0.05) is 11.6 Å². The fourth-order valence-electron chi connectivity index (χ4n) is 1.50. The molecule has 2 aromatic rings. The van der Waals surface area contributed by atoms with Crippen LogP contribution in [0.2, 0.25) is 0 Å². The van der Waals surface area contributed by atoms with Gasteiger partial charge >= 0.3 is 6.09 Å². The average Bonchev–Trinajstić information content (AvgIpc) is 2.39. The molecule has 1 heterocycles. The molecule has 0 radical (unpaired) electrons. The lowest BCUT2D eigenvalue weighted by atomic mass is 10.1. The van der Waals surface area contributed by atoms with Crippen molar-refractivity contribution in [3.05, 3.63) is 54.9 Å². The van der Waals surface area contributed by atoms with Crippen LogP contribution in [0.15, 0.2) is 54.9 Å². The number of nitrogens with zero attached hydrogens (tertiary/aromatic N) is 1. The maximum absolute atomic E-state index is 11.3. The molecule has 0 unspecified atom stereocenters. The number of methoxy groups -OCH3 is 1. The summed E-state index contributed by atoms with van der Waals surface area (Å²) in [7, 11) is 1.37. The molecular weight excluding hydrogens is 202 g/mol. The molecule has 16 heavy (non-hydrogen) atoms. The molecule has 0 aliphatic heterocycles. The van der Waals surface area contributed by atoms with E-state index in [1.54, 1.807) is 12.4 Å². The van der Waals surface area contributed by atoms with Crippen LogP contribution < -0.4 is 4.57 Å². The second-order valence-electron chi connectivity index (χ2n) is 3.34. The van der Waals surface area contributed by atoms with Gasteiger partial charge in [-0.1, -0.05) is 34.9 Å². The highest BCUT2D eigenvalue weighted by molar-refractivity contribution is 5.63. The van der Waals surface area contributed by atoms with Crippen molar-refractivity contribution in [1.29, 1.82) is 0 Å². The molecule has 0 spiro atoms. The third kappa shape index (κ3) is 2.08. The predicted octanol–water partition coefficient (Wildman–Crippen LogP) is 2.26. The minimum atomic E-state index is -0.391. The number of carbonyl (C=O) groups is 1. The molecule has 0 saturated heterocycles. The highest BCUT2D eigenvalue weighted by atomic mass is 16.5. The van der Waals surface area contributed by atoms with E-state index in [1.807, 2.05) is 42.5 Å². The first kappa shape index (κ1) is 10.4. The summed E-state index contributed by atoms with van der Waals surface area (Å²) >= 11 is 0. The van der Waals surface area contributed by atoms with Gasteiger partial charge in [-0.2, -0.15) is 4.79 Å². The molecule has 3 heteroatoms. The van der Waals surface area contributed by atoms with Gasteiger partial charge in [0.25, 0.3) is 0 Å². The van der Waals surface area contributed by atoms with Crippen LogP contribution in [0.25, 0.3) is 11.1 Å². The lowest BCUT2D eigenvalue weighted by molar-refractivity contribution is -0.584. The van der Waals surface area contributed by atoms with Crippen molar-refractivity contribution >= 4 is 6.09 Å². The highest BCUT2D eigenvalue weighted by Crippen LogP contribution is 2.15. The van der Waals surface area contributed by atoms with Crippen molar-refractivity contribution < 1.29 is 14.1 Å². The minimum absolute atomic E-state index is 0.391. The Hall–Kier alpha value is -2.16. The summed E-state index contributed by atoms with van der Waals surface area (Å²) in [6, 6.07) is 13.7. The molecule has 0 N–H and O–H groups in total. The summed E-state index contributed by atoms with van der Waals surface area (Å²) < 4.78 is 6.07. The Morgan fingerprint density at radius 1 is 1.06 bits per heavy atom. The van der Waals surface area contributed by atoms with E-state index in [4.69, 9.17) is 0 Å². The van der Waals surface area contributed by atoms with E-state index >= 15 is 0 Å². The molecule has 0 atom stereocenters. The number of benzene rings is 1. The van der Waals surface area contributed by atoms with E-state index in [-0.39, 0.29) is 0 Å². The maximum Gasteiger partial charge on any atom is 0.601 e. The van der Waals surface area contributed by atoms with E-state index in [2.05, 4.69) is 4.74 Å². The number of rotatable bonds is 1. The molecule has 0 aliphatic carbocycles. The zero-order valence-corrected chi connectivity index (χ0v) is 8.96. The average molecular weight is 214 g/mol. The molecule has 0 saturated carbocycles. The van der Waals surface area contributed by atoms with Gasteiger partial charge in [0.15, 0.2) is 12.4 Å². The first-order valence-corrected chi connectivity index (χ1v) is 4.96. The second kappa shape index (κ2) is 4.57. The van der Waals surface area contributed by atoms with Gasteiger partial charge in [-0.15, -0.1) is 0 Å². The molecule has 80 valence electrons. The Morgan fingerprint density at radius 2 is 1.75 bits per heavy atom. The molecule has 3 nitrogen and oxygen atoms in total. The van der Waals surface area contributed by atoms with E-state index in [1.165, 1.54) is 11.7 Å². The van der Waals surface area contributed by atoms with Crippen LogP contribution in [0.3, 0.4) is 0 Å². The molecule has 0 aliphatic rings. The zero-order chi connectivity index (χ0) is 11.4. The van der Waals surface area contributed by atoms with E-state index < -0.39 is 6.09 Å². The predicted molar refractivity (Wildman–Crippen MR) is 59.9 cm³/mol. The van der Waals surface area contributed by atoms with E-state index in [0.717, 1.165) is 11.1 Å². The van der Waals surface area contributed by atoms with Crippen molar-refractivity contribution in [3.63, 3.8) is 0 Å². The molecule has 1 aromatic carbocycles. The number of aromatic nitrogens is 1. The first-order chi connectivity index (χ1) is 7.81. The summed E-state index contributed by atoms with van der Waals surface area (Å²) in [6.45, 7) is 0. The number of hydrogen-bond acceptors (Lipinski definition) is 2. The normalized spacial score (nSPS) is 9.81. The second-order valence-corrected chi connectivity index (χ2v) is 3.34. The third-order valence-corrected chi connectivity index (χ3v) is 2.29. The minimum Gasteiger partial charge on any atom is -0.415 e. The smallest absolute Gasteiger partial charge is 0.415 e. The van der Waals surface area contributed by atoms with Gasteiger partial charge in [0.1, 0.15) is 0 Å². The first-order valence-electron chi connectivity index (χ1n) is 4.96. The van der Waals surface area contributed by atoms with Crippen molar-refractivity contribution in [1.82, 2.24) is 0 Å². The standard InChI is InChI=1S/C13H12NO2/c1-16-13(15)14-9-5-8-12(10-14)11-6-3-2-4-7-11/h2-10H,1H3/q+1. The maximum atomic E-state index is 11.3. The fourth-order valence-corrected chi connectivity index (χ4v) is 1.50. The van der Waals surface area contributed by atoms with Crippen LogP contribution in [-0.4, -0.2) is 13.2 Å². The number of ether oxygens (including phenoxy) is 1. The van der Waals surface area contributed by atoms with Gasteiger partial charge < -0.3 is 4.74 Å². The van der Waals surface area contributed by atoms with Gasteiger partial charge in [-0.3, -0.25) is 0 Å². The lowest BCUT2D eigenvalue weighted by Gasteiger charge is -1.98. The molecule has 1 aromatic heterocycles. The molecular formula is C13H12NO2+. The zero-order valence-electron chi connectivity index (χ0n) is 8.96. The monoisotopic (exact) mass is 214 g/mol. The summed E-state index contributed by atoms with van der Waals surface area (Å²) in [5.41, 5.74) is 2.05. The van der Waals surface area contributed by atoms with Crippen LogP contribution in [0.4, 0.5) is 4.79 Å². The summed E-state index contributed by atoms with van der Waals surface area (Å²) in [5.74, 6) is 0. The Balaban J connectivity index is 2.40.